The van der Waals surface area contributed by atoms with E-state index in [1.807, 2.05) is 24.3 Å². The number of urea groups is 1. The van der Waals surface area contributed by atoms with Crippen LogP contribution in [0.15, 0.2) is 30.6 Å². The van der Waals surface area contributed by atoms with E-state index < -0.39 is 0 Å². The topological polar surface area (TPSA) is 83.1 Å². The minimum Gasteiger partial charge on any atom is -0.497 e. The van der Waals surface area contributed by atoms with Crippen molar-refractivity contribution < 1.29 is 9.53 Å². The lowest BCUT2D eigenvalue weighted by Gasteiger charge is -2.16. The summed E-state index contributed by atoms with van der Waals surface area (Å²) in [4.78, 5) is 17.4. The van der Waals surface area contributed by atoms with Gasteiger partial charge in [0, 0.05) is 13.6 Å². The normalized spacial score (nSPS) is 10.1. The Morgan fingerprint density at radius 2 is 2.15 bits per heavy atom. The third kappa shape index (κ3) is 3.71. The number of rotatable bonds is 5. The van der Waals surface area contributed by atoms with Crippen LogP contribution in [0, 0.1) is 0 Å². The Labute approximate surface area is 117 Å². The standard InChI is InChI=1S/C13H17N5O2/c1-18(8-12-15-9-16-17-12)13(19)14-7-10-3-5-11(20-2)6-4-10/h3-6,9H,7-8H2,1-2H3,(H,14,19)(H,15,16,17). The van der Waals surface area contributed by atoms with E-state index >= 15 is 0 Å². The van der Waals surface area contributed by atoms with Gasteiger partial charge in [0.25, 0.3) is 0 Å². The summed E-state index contributed by atoms with van der Waals surface area (Å²) in [5.74, 6) is 1.44. The first-order valence-electron chi connectivity index (χ1n) is 6.15. The lowest BCUT2D eigenvalue weighted by molar-refractivity contribution is 0.205. The number of aromatic nitrogens is 3. The zero-order valence-corrected chi connectivity index (χ0v) is 11.5. The molecule has 0 atom stereocenters. The zero-order valence-electron chi connectivity index (χ0n) is 11.5. The molecule has 1 heterocycles. The summed E-state index contributed by atoms with van der Waals surface area (Å²) in [6.45, 7) is 0.845. The molecule has 0 fully saturated rings. The van der Waals surface area contributed by atoms with Crippen LogP contribution >= 0.6 is 0 Å². The van der Waals surface area contributed by atoms with E-state index in [1.165, 1.54) is 11.2 Å². The number of hydrogen-bond acceptors (Lipinski definition) is 4. The zero-order chi connectivity index (χ0) is 14.4. The average molecular weight is 275 g/mol. The van der Waals surface area contributed by atoms with Gasteiger partial charge in [0.15, 0.2) is 0 Å². The van der Waals surface area contributed by atoms with Crippen LogP contribution in [0.25, 0.3) is 0 Å². The summed E-state index contributed by atoms with van der Waals surface area (Å²) in [6, 6.07) is 7.38. The molecule has 0 aliphatic carbocycles. The number of hydrogen-bond donors (Lipinski definition) is 2. The van der Waals surface area contributed by atoms with Crippen molar-refractivity contribution >= 4 is 6.03 Å². The van der Waals surface area contributed by atoms with Gasteiger partial charge in [-0.3, -0.25) is 5.10 Å². The number of ether oxygens (including phenoxy) is 1. The Morgan fingerprint density at radius 3 is 2.75 bits per heavy atom. The second kappa shape index (κ2) is 6.55. The first-order valence-corrected chi connectivity index (χ1v) is 6.15. The molecule has 0 unspecified atom stereocenters. The van der Waals surface area contributed by atoms with Gasteiger partial charge >= 0.3 is 6.03 Å². The highest BCUT2D eigenvalue weighted by Crippen LogP contribution is 2.11. The summed E-state index contributed by atoms with van der Waals surface area (Å²) in [5, 5.41) is 9.28. The predicted molar refractivity (Wildman–Crippen MR) is 73.1 cm³/mol. The molecule has 1 aromatic carbocycles. The van der Waals surface area contributed by atoms with Crippen molar-refractivity contribution in [2.45, 2.75) is 13.1 Å². The van der Waals surface area contributed by atoms with Crippen molar-refractivity contribution in [1.82, 2.24) is 25.4 Å². The molecule has 7 heteroatoms. The molecule has 0 aliphatic rings. The summed E-state index contributed by atoms with van der Waals surface area (Å²) >= 11 is 0. The molecule has 0 saturated heterocycles. The molecule has 2 aromatic rings. The summed E-state index contributed by atoms with van der Waals surface area (Å²) in [6.07, 6.45) is 1.42. The van der Waals surface area contributed by atoms with Crippen molar-refractivity contribution in [1.29, 1.82) is 0 Å². The second-order valence-corrected chi connectivity index (χ2v) is 4.30. The Hall–Kier alpha value is -2.57. The largest absolute Gasteiger partial charge is 0.497 e. The number of amides is 2. The van der Waals surface area contributed by atoms with Gasteiger partial charge in [0.05, 0.1) is 13.7 Å². The summed E-state index contributed by atoms with van der Waals surface area (Å²) in [7, 11) is 3.32. The first-order chi connectivity index (χ1) is 9.69. The van der Waals surface area contributed by atoms with Crippen LogP contribution in [-0.4, -0.2) is 40.3 Å². The second-order valence-electron chi connectivity index (χ2n) is 4.30. The van der Waals surface area contributed by atoms with Gasteiger partial charge in [-0.25, -0.2) is 9.78 Å². The lowest BCUT2D eigenvalue weighted by Crippen LogP contribution is -2.36. The van der Waals surface area contributed by atoms with E-state index in [9.17, 15) is 4.79 Å². The maximum atomic E-state index is 11.9. The van der Waals surface area contributed by atoms with Crippen LogP contribution in [0.2, 0.25) is 0 Å². The van der Waals surface area contributed by atoms with Gasteiger partial charge in [-0.05, 0) is 17.7 Å². The van der Waals surface area contributed by atoms with Gasteiger partial charge in [0.2, 0.25) is 0 Å². The van der Waals surface area contributed by atoms with Crippen LogP contribution in [0.5, 0.6) is 5.75 Å². The lowest BCUT2D eigenvalue weighted by atomic mass is 10.2. The first kappa shape index (κ1) is 13.9. The fourth-order valence-electron chi connectivity index (χ4n) is 1.66. The van der Waals surface area contributed by atoms with E-state index in [0.29, 0.717) is 18.9 Å². The van der Waals surface area contributed by atoms with E-state index in [0.717, 1.165) is 11.3 Å². The Kier molecular flexibility index (Phi) is 4.54. The molecule has 0 radical (unpaired) electrons. The SMILES string of the molecule is COc1ccc(CNC(=O)N(C)Cc2ncn[nH]2)cc1. The maximum Gasteiger partial charge on any atom is 0.317 e. The third-order valence-corrected chi connectivity index (χ3v) is 2.80. The number of carbonyl (C=O) groups is 1. The van der Waals surface area contributed by atoms with Crippen LogP contribution in [0.1, 0.15) is 11.4 Å². The monoisotopic (exact) mass is 275 g/mol. The molecule has 20 heavy (non-hydrogen) atoms. The number of aromatic amines is 1. The van der Waals surface area contributed by atoms with E-state index in [2.05, 4.69) is 20.5 Å². The third-order valence-electron chi connectivity index (χ3n) is 2.80. The van der Waals surface area contributed by atoms with Crippen LogP contribution in [0.4, 0.5) is 4.79 Å². The molecule has 2 amide bonds. The molecule has 0 bridgehead atoms. The number of nitrogens with zero attached hydrogens (tertiary/aromatic N) is 3. The summed E-state index contributed by atoms with van der Waals surface area (Å²) in [5.41, 5.74) is 1.01. The highest BCUT2D eigenvalue weighted by Gasteiger charge is 2.09. The smallest absolute Gasteiger partial charge is 0.317 e. The fourth-order valence-corrected chi connectivity index (χ4v) is 1.66. The molecule has 106 valence electrons. The van der Waals surface area contributed by atoms with Gasteiger partial charge in [-0.2, -0.15) is 5.10 Å². The van der Waals surface area contributed by atoms with Crippen molar-refractivity contribution in [3.63, 3.8) is 0 Å². The molecule has 0 spiro atoms. The van der Waals surface area contributed by atoms with Gasteiger partial charge < -0.3 is 15.0 Å². The van der Waals surface area contributed by atoms with Crippen LogP contribution in [0.3, 0.4) is 0 Å². The van der Waals surface area contributed by atoms with E-state index in [-0.39, 0.29) is 6.03 Å². The minimum absolute atomic E-state index is 0.169. The Balaban J connectivity index is 1.81. The fraction of sp³-hybridized carbons (Fsp3) is 0.308. The number of benzene rings is 1. The average Bonchev–Trinajstić information content (AvgIpc) is 2.98. The molecule has 2 rings (SSSR count). The Bertz CT molecular complexity index is 538. The van der Waals surface area contributed by atoms with Crippen molar-refractivity contribution in [2.24, 2.45) is 0 Å². The van der Waals surface area contributed by atoms with Crippen molar-refractivity contribution in [2.75, 3.05) is 14.2 Å². The van der Waals surface area contributed by atoms with E-state index in [1.54, 1.807) is 14.2 Å². The van der Waals surface area contributed by atoms with Crippen molar-refractivity contribution in [3.8, 4) is 5.75 Å². The quantitative estimate of drug-likeness (QED) is 0.857. The molecule has 0 aliphatic heterocycles. The molecule has 2 N–H and O–H groups in total. The van der Waals surface area contributed by atoms with Crippen molar-refractivity contribution in [3.05, 3.63) is 42.0 Å². The molecule has 0 saturated carbocycles. The van der Waals surface area contributed by atoms with Crippen LogP contribution in [-0.2, 0) is 13.1 Å². The molecule has 1 aromatic heterocycles. The predicted octanol–water partition coefficient (Wildman–Crippen LogP) is 1.15. The minimum atomic E-state index is -0.169. The van der Waals surface area contributed by atoms with Gasteiger partial charge in [-0.1, -0.05) is 12.1 Å². The number of methoxy groups -OCH3 is 1. The Morgan fingerprint density at radius 1 is 1.40 bits per heavy atom. The van der Waals surface area contributed by atoms with Crippen LogP contribution < -0.4 is 10.1 Å². The van der Waals surface area contributed by atoms with E-state index in [4.69, 9.17) is 4.74 Å². The number of nitrogens with one attached hydrogen (secondary N) is 2. The number of carbonyl (C=O) groups excluding carboxylic acids is 1. The highest BCUT2D eigenvalue weighted by molar-refractivity contribution is 5.73. The molecule has 7 nitrogen and oxygen atoms in total. The van der Waals surface area contributed by atoms with Gasteiger partial charge in [0.1, 0.15) is 17.9 Å². The van der Waals surface area contributed by atoms with Gasteiger partial charge in [-0.15, -0.1) is 0 Å². The maximum absolute atomic E-state index is 11.9. The highest BCUT2D eigenvalue weighted by atomic mass is 16.5. The summed E-state index contributed by atoms with van der Waals surface area (Å²) < 4.78 is 5.08. The number of H-pyrrole nitrogens is 1. The molecular formula is C13H17N5O2. The molecular weight excluding hydrogens is 258 g/mol.